The first-order chi connectivity index (χ1) is 12.7. The van der Waals surface area contributed by atoms with Crippen molar-refractivity contribution in [1.82, 2.24) is 9.97 Å². The molecule has 1 saturated heterocycles. The zero-order chi connectivity index (χ0) is 18.4. The van der Waals surface area contributed by atoms with E-state index in [4.69, 9.17) is 14.2 Å². The Labute approximate surface area is 154 Å². The summed E-state index contributed by atoms with van der Waals surface area (Å²) < 4.78 is 16.0. The lowest BCUT2D eigenvalue weighted by Crippen LogP contribution is -2.37. The fraction of sp³-hybridized carbons (Fsp3) is 0.474. The molecule has 1 aromatic heterocycles. The molecule has 0 radical (unpaired) electrons. The zero-order valence-electron chi connectivity index (χ0n) is 15.6. The van der Waals surface area contributed by atoms with E-state index in [0.717, 1.165) is 68.2 Å². The molecule has 0 spiro atoms. The number of aromatic nitrogens is 2. The van der Waals surface area contributed by atoms with Crippen molar-refractivity contribution in [3.63, 3.8) is 0 Å². The summed E-state index contributed by atoms with van der Waals surface area (Å²) in [6.07, 6.45) is 0.857. The van der Waals surface area contributed by atoms with Crippen molar-refractivity contribution in [3.8, 4) is 11.5 Å². The van der Waals surface area contributed by atoms with Crippen LogP contribution in [-0.4, -0.2) is 57.0 Å². The maximum atomic E-state index is 5.41. The molecule has 1 aromatic carbocycles. The number of nitrogens with one attached hydrogen (secondary N) is 1. The number of morpholine rings is 1. The van der Waals surface area contributed by atoms with Crippen molar-refractivity contribution < 1.29 is 14.2 Å². The molecule has 1 aliphatic rings. The van der Waals surface area contributed by atoms with E-state index >= 15 is 0 Å². The van der Waals surface area contributed by atoms with Crippen LogP contribution in [0.1, 0.15) is 11.4 Å². The summed E-state index contributed by atoms with van der Waals surface area (Å²) in [5.41, 5.74) is 1.18. The second-order valence-corrected chi connectivity index (χ2v) is 6.12. The van der Waals surface area contributed by atoms with E-state index in [0.29, 0.717) is 0 Å². The Morgan fingerprint density at radius 3 is 2.58 bits per heavy atom. The molecule has 1 fully saturated rings. The number of aryl methyl sites for hydroxylation is 1. The second kappa shape index (κ2) is 8.71. The van der Waals surface area contributed by atoms with Gasteiger partial charge in [0.25, 0.3) is 0 Å². The van der Waals surface area contributed by atoms with E-state index in [1.54, 1.807) is 14.2 Å². The second-order valence-electron chi connectivity index (χ2n) is 6.12. The third kappa shape index (κ3) is 4.54. The van der Waals surface area contributed by atoms with Crippen LogP contribution < -0.4 is 19.7 Å². The highest BCUT2D eigenvalue weighted by molar-refractivity contribution is 5.50. The monoisotopic (exact) mass is 358 g/mol. The average Bonchev–Trinajstić information content (AvgIpc) is 2.68. The van der Waals surface area contributed by atoms with Gasteiger partial charge in [0, 0.05) is 25.7 Å². The molecule has 0 bridgehead atoms. The van der Waals surface area contributed by atoms with Crippen LogP contribution in [0, 0.1) is 6.92 Å². The quantitative estimate of drug-likeness (QED) is 0.814. The van der Waals surface area contributed by atoms with Crippen molar-refractivity contribution in [2.75, 3.05) is 57.3 Å². The van der Waals surface area contributed by atoms with Gasteiger partial charge in [-0.15, -0.1) is 0 Å². The Hall–Kier alpha value is -2.54. The molecule has 3 rings (SSSR count). The van der Waals surface area contributed by atoms with Crippen LogP contribution in [0.3, 0.4) is 0 Å². The van der Waals surface area contributed by atoms with E-state index in [1.165, 1.54) is 5.56 Å². The number of methoxy groups -OCH3 is 2. The van der Waals surface area contributed by atoms with Crippen molar-refractivity contribution in [2.45, 2.75) is 13.3 Å². The highest BCUT2D eigenvalue weighted by atomic mass is 16.5. The van der Waals surface area contributed by atoms with Gasteiger partial charge in [0.15, 0.2) is 11.5 Å². The fourth-order valence-electron chi connectivity index (χ4n) is 2.97. The van der Waals surface area contributed by atoms with Crippen LogP contribution in [0.15, 0.2) is 24.3 Å². The topological polar surface area (TPSA) is 68.7 Å². The summed E-state index contributed by atoms with van der Waals surface area (Å²) in [6, 6.07) is 7.99. The number of anilines is 2. The predicted molar refractivity (Wildman–Crippen MR) is 102 cm³/mol. The summed E-state index contributed by atoms with van der Waals surface area (Å²) in [5.74, 6) is 4.06. The van der Waals surface area contributed by atoms with Gasteiger partial charge in [0.1, 0.15) is 17.5 Å². The van der Waals surface area contributed by atoms with Gasteiger partial charge in [-0.3, -0.25) is 0 Å². The van der Waals surface area contributed by atoms with Crippen molar-refractivity contribution >= 4 is 11.6 Å². The lowest BCUT2D eigenvalue weighted by Gasteiger charge is -2.28. The van der Waals surface area contributed by atoms with Crippen LogP contribution in [-0.2, 0) is 11.2 Å². The molecule has 7 nitrogen and oxygen atoms in total. The molecular weight excluding hydrogens is 332 g/mol. The standard InChI is InChI=1S/C19H26N4O3/c1-14-21-18(13-19(22-14)23-8-10-26-11-9-23)20-7-6-15-4-5-16(24-2)17(12-15)25-3/h4-5,12-13H,6-11H2,1-3H3,(H,20,21,22). The van der Waals surface area contributed by atoms with E-state index < -0.39 is 0 Å². The Bertz CT molecular complexity index is 733. The maximum Gasteiger partial charge on any atom is 0.160 e. The molecule has 0 amide bonds. The number of rotatable bonds is 7. The molecule has 1 N–H and O–H groups in total. The summed E-state index contributed by atoms with van der Waals surface area (Å²) >= 11 is 0. The first-order valence-electron chi connectivity index (χ1n) is 8.83. The molecule has 1 aliphatic heterocycles. The largest absolute Gasteiger partial charge is 0.493 e. The summed E-state index contributed by atoms with van der Waals surface area (Å²) in [7, 11) is 3.29. The van der Waals surface area contributed by atoms with E-state index in [-0.39, 0.29) is 0 Å². The predicted octanol–water partition coefficient (Wildman–Crippen LogP) is 2.29. The van der Waals surface area contributed by atoms with Gasteiger partial charge in [0.05, 0.1) is 27.4 Å². The number of hydrogen-bond acceptors (Lipinski definition) is 7. The minimum atomic E-state index is 0.741. The van der Waals surface area contributed by atoms with Gasteiger partial charge >= 0.3 is 0 Å². The molecule has 7 heteroatoms. The lowest BCUT2D eigenvalue weighted by molar-refractivity contribution is 0.122. The van der Waals surface area contributed by atoms with Crippen LogP contribution in [0.4, 0.5) is 11.6 Å². The molecule has 0 unspecified atom stereocenters. The molecular formula is C19H26N4O3. The van der Waals surface area contributed by atoms with Gasteiger partial charge in [-0.2, -0.15) is 0 Å². The van der Waals surface area contributed by atoms with Crippen LogP contribution in [0.2, 0.25) is 0 Å². The zero-order valence-corrected chi connectivity index (χ0v) is 15.6. The molecule has 2 aromatic rings. The van der Waals surface area contributed by atoms with Gasteiger partial charge < -0.3 is 24.4 Å². The minimum absolute atomic E-state index is 0.741. The van der Waals surface area contributed by atoms with Crippen LogP contribution in [0.25, 0.3) is 0 Å². The van der Waals surface area contributed by atoms with Crippen molar-refractivity contribution in [1.29, 1.82) is 0 Å². The first-order valence-corrected chi connectivity index (χ1v) is 8.83. The summed E-state index contributed by atoms with van der Waals surface area (Å²) in [5, 5.41) is 3.40. The van der Waals surface area contributed by atoms with E-state index in [2.05, 4.69) is 20.2 Å². The summed E-state index contributed by atoms with van der Waals surface area (Å²) in [4.78, 5) is 11.3. The number of benzene rings is 1. The number of hydrogen-bond donors (Lipinski definition) is 1. The van der Waals surface area contributed by atoms with E-state index in [9.17, 15) is 0 Å². The van der Waals surface area contributed by atoms with Crippen LogP contribution in [0.5, 0.6) is 11.5 Å². The molecule has 26 heavy (non-hydrogen) atoms. The maximum absolute atomic E-state index is 5.41. The third-order valence-electron chi connectivity index (χ3n) is 4.33. The van der Waals surface area contributed by atoms with Gasteiger partial charge in [-0.25, -0.2) is 9.97 Å². The van der Waals surface area contributed by atoms with Crippen molar-refractivity contribution in [3.05, 3.63) is 35.7 Å². The highest BCUT2D eigenvalue weighted by Crippen LogP contribution is 2.27. The molecule has 0 aliphatic carbocycles. The van der Waals surface area contributed by atoms with Crippen molar-refractivity contribution in [2.24, 2.45) is 0 Å². The van der Waals surface area contributed by atoms with Gasteiger partial charge in [-0.1, -0.05) is 6.07 Å². The molecule has 0 atom stereocenters. The minimum Gasteiger partial charge on any atom is -0.493 e. The third-order valence-corrected chi connectivity index (χ3v) is 4.33. The highest BCUT2D eigenvalue weighted by Gasteiger charge is 2.14. The van der Waals surface area contributed by atoms with Crippen LogP contribution >= 0.6 is 0 Å². The molecule has 140 valence electrons. The Balaban J connectivity index is 1.62. The number of ether oxygens (including phenoxy) is 3. The first kappa shape index (κ1) is 18.3. The van der Waals surface area contributed by atoms with Gasteiger partial charge in [0.2, 0.25) is 0 Å². The normalized spacial score (nSPS) is 14.2. The summed E-state index contributed by atoms with van der Waals surface area (Å²) in [6.45, 7) is 5.90. The SMILES string of the molecule is COc1ccc(CCNc2cc(N3CCOCC3)nc(C)n2)cc1OC. The average molecular weight is 358 g/mol. The van der Waals surface area contributed by atoms with E-state index in [1.807, 2.05) is 31.2 Å². The Morgan fingerprint density at radius 1 is 1.08 bits per heavy atom. The number of nitrogens with zero attached hydrogens (tertiary/aromatic N) is 3. The lowest BCUT2D eigenvalue weighted by atomic mass is 10.1. The Morgan fingerprint density at radius 2 is 1.85 bits per heavy atom. The smallest absolute Gasteiger partial charge is 0.160 e. The molecule has 2 heterocycles. The van der Waals surface area contributed by atoms with Gasteiger partial charge in [-0.05, 0) is 31.0 Å². The fourth-order valence-corrected chi connectivity index (χ4v) is 2.97. The Kier molecular flexibility index (Phi) is 6.12. The molecule has 0 saturated carbocycles.